The number of hydrazine groups is 1. The number of aromatic nitrogens is 2. The first-order valence-electron chi connectivity index (χ1n) is 5.07. The molecule has 114 valence electrons. The van der Waals surface area contributed by atoms with Gasteiger partial charge in [-0.1, -0.05) is 0 Å². The zero-order valence-corrected chi connectivity index (χ0v) is 9.96. The molecule has 0 spiro atoms. The summed E-state index contributed by atoms with van der Waals surface area (Å²) in [6.07, 6.45) is -9.15. The molecule has 1 aromatic rings. The Hall–Kier alpha value is -1.62. The number of alkyl halides is 6. The zero-order valence-electron chi connectivity index (χ0n) is 9.96. The molecule has 20 heavy (non-hydrogen) atoms. The van der Waals surface area contributed by atoms with Crippen LogP contribution < -0.4 is 16.0 Å². The van der Waals surface area contributed by atoms with Crippen LogP contribution in [0.25, 0.3) is 0 Å². The van der Waals surface area contributed by atoms with Gasteiger partial charge >= 0.3 is 12.4 Å². The van der Waals surface area contributed by atoms with E-state index in [4.69, 9.17) is 5.84 Å². The number of nitrogens with one attached hydrogen (secondary N) is 1. The predicted octanol–water partition coefficient (Wildman–Crippen LogP) is 1.73. The van der Waals surface area contributed by atoms with Gasteiger partial charge in [-0.3, -0.25) is 16.3 Å². The van der Waals surface area contributed by atoms with E-state index in [1.165, 1.54) is 5.43 Å². The van der Waals surface area contributed by atoms with Crippen LogP contribution in [0, 0.1) is 5.92 Å². The Kier molecular flexibility index (Phi) is 4.76. The highest BCUT2D eigenvalue weighted by Crippen LogP contribution is 2.46. The van der Waals surface area contributed by atoms with Gasteiger partial charge < -0.3 is 4.74 Å². The van der Waals surface area contributed by atoms with E-state index in [-0.39, 0.29) is 0 Å². The molecule has 1 aromatic heterocycles. The van der Waals surface area contributed by atoms with Crippen LogP contribution in [0.15, 0.2) is 12.4 Å². The Balaban J connectivity index is 3.35. The molecular weight excluding hydrogens is 294 g/mol. The summed E-state index contributed by atoms with van der Waals surface area (Å²) in [5.74, 6) is 0.627. The molecule has 0 aromatic carbocycles. The van der Waals surface area contributed by atoms with Crippen molar-refractivity contribution in [3.05, 3.63) is 18.1 Å². The Morgan fingerprint density at radius 2 is 1.60 bits per heavy atom. The van der Waals surface area contributed by atoms with Crippen LogP contribution >= 0.6 is 0 Å². The molecule has 0 radical (unpaired) electrons. The van der Waals surface area contributed by atoms with Crippen molar-refractivity contribution in [2.45, 2.75) is 18.4 Å². The Morgan fingerprint density at radius 1 is 1.10 bits per heavy atom. The summed E-state index contributed by atoms with van der Waals surface area (Å²) in [6, 6.07) is -2.38. The molecule has 0 amide bonds. The third-order valence-corrected chi connectivity index (χ3v) is 2.40. The second kappa shape index (κ2) is 5.79. The third-order valence-electron chi connectivity index (χ3n) is 2.40. The molecule has 5 nitrogen and oxygen atoms in total. The summed E-state index contributed by atoms with van der Waals surface area (Å²) in [5.41, 5.74) is 0.801. The molecule has 1 heterocycles. The van der Waals surface area contributed by atoms with Gasteiger partial charge in [-0.2, -0.15) is 26.3 Å². The Labute approximate surface area is 109 Å². The first-order chi connectivity index (χ1) is 9.12. The first-order valence-corrected chi connectivity index (χ1v) is 5.07. The van der Waals surface area contributed by atoms with Crippen molar-refractivity contribution in [3.8, 4) is 5.88 Å². The molecule has 0 bridgehead atoms. The maximum Gasteiger partial charge on any atom is 0.402 e. The number of methoxy groups -OCH3 is 1. The van der Waals surface area contributed by atoms with E-state index < -0.39 is 35.9 Å². The molecule has 1 unspecified atom stereocenters. The minimum atomic E-state index is -5.57. The lowest BCUT2D eigenvalue weighted by Crippen LogP contribution is -2.48. The van der Waals surface area contributed by atoms with Crippen LogP contribution in [0.3, 0.4) is 0 Å². The maximum atomic E-state index is 12.7. The van der Waals surface area contributed by atoms with Gasteiger partial charge in [0.1, 0.15) is 5.69 Å². The van der Waals surface area contributed by atoms with Crippen LogP contribution in [0.2, 0.25) is 0 Å². The van der Waals surface area contributed by atoms with E-state index in [0.717, 1.165) is 19.5 Å². The minimum absolute atomic E-state index is 0.478. The number of nitrogens with two attached hydrogens (primary N) is 1. The van der Waals surface area contributed by atoms with Crippen molar-refractivity contribution in [2.24, 2.45) is 11.8 Å². The molecule has 11 heteroatoms. The standard InChI is InChI=1S/C9H10F6N4O/c1-20-7-5(17-2-3-18-7)4(19-16)6(8(10,11)12)9(13,14)15/h2-4,6,19H,16H2,1H3. The number of hydrogen-bond acceptors (Lipinski definition) is 5. The molecular formula is C9H10F6N4O. The summed E-state index contributed by atoms with van der Waals surface area (Å²) in [7, 11) is 1.04. The van der Waals surface area contributed by atoms with Crippen molar-refractivity contribution >= 4 is 0 Å². The minimum Gasteiger partial charge on any atom is -0.480 e. The normalized spacial score (nSPS) is 14.4. The highest BCUT2D eigenvalue weighted by atomic mass is 19.4. The number of halogens is 6. The Morgan fingerprint density at radius 3 is 2.00 bits per heavy atom. The van der Waals surface area contributed by atoms with Crippen LogP contribution in [-0.4, -0.2) is 29.4 Å². The van der Waals surface area contributed by atoms with E-state index >= 15 is 0 Å². The van der Waals surface area contributed by atoms with Gasteiger partial charge in [-0.15, -0.1) is 0 Å². The lowest BCUT2D eigenvalue weighted by Gasteiger charge is -2.30. The number of rotatable bonds is 4. The van der Waals surface area contributed by atoms with Crippen molar-refractivity contribution in [3.63, 3.8) is 0 Å². The molecule has 0 aliphatic carbocycles. The van der Waals surface area contributed by atoms with Gasteiger partial charge in [-0.25, -0.2) is 4.98 Å². The number of nitrogens with zero attached hydrogens (tertiary/aromatic N) is 2. The largest absolute Gasteiger partial charge is 0.480 e. The van der Waals surface area contributed by atoms with E-state index in [1.807, 2.05) is 0 Å². The zero-order chi connectivity index (χ0) is 15.6. The quantitative estimate of drug-likeness (QED) is 0.503. The summed E-state index contributed by atoms with van der Waals surface area (Å²) >= 11 is 0. The fraction of sp³-hybridized carbons (Fsp3) is 0.556. The van der Waals surface area contributed by atoms with Gasteiger partial charge in [0.05, 0.1) is 13.2 Å². The van der Waals surface area contributed by atoms with Crippen LogP contribution in [0.5, 0.6) is 5.88 Å². The predicted molar refractivity (Wildman–Crippen MR) is 54.2 cm³/mol. The monoisotopic (exact) mass is 304 g/mol. The SMILES string of the molecule is COc1nccnc1C(NN)C(C(F)(F)F)C(F)(F)F. The summed E-state index contributed by atoms with van der Waals surface area (Å²) in [6.45, 7) is 0. The van der Waals surface area contributed by atoms with Gasteiger partial charge in [0.25, 0.3) is 0 Å². The summed E-state index contributed by atoms with van der Waals surface area (Å²) < 4.78 is 80.6. The van der Waals surface area contributed by atoms with Crippen molar-refractivity contribution in [1.29, 1.82) is 0 Å². The number of ether oxygens (including phenoxy) is 1. The molecule has 0 saturated heterocycles. The Bertz CT molecular complexity index is 435. The maximum absolute atomic E-state index is 12.7. The van der Waals surface area contributed by atoms with Gasteiger partial charge in [0.2, 0.25) is 5.88 Å². The smallest absolute Gasteiger partial charge is 0.402 e. The van der Waals surface area contributed by atoms with E-state index in [9.17, 15) is 26.3 Å². The van der Waals surface area contributed by atoms with Crippen LogP contribution in [0.1, 0.15) is 11.7 Å². The molecule has 1 rings (SSSR count). The van der Waals surface area contributed by atoms with Gasteiger partial charge in [-0.05, 0) is 0 Å². The number of hydrogen-bond donors (Lipinski definition) is 2. The first kappa shape index (κ1) is 16.4. The van der Waals surface area contributed by atoms with E-state index in [1.54, 1.807) is 0 Å². The molecule has 0 aliphatic heterocycles. The average molecular weight is 304 g/mol. The second-order valence-corrected chi connectivity index (χ2v) is 3.66. The molecule has 1 atom stereocenters. The molecule has 0 fully saturated rings. The van der Waals surface area contributed by atoms with Crippen LogP contribution in [-0.2, 0) is 0 Å². The molecule has 3 N–H and O–H groups in total. The lowest BCUT2D eigenvalue weighted by molar-refractivity contribution is -0.293. The van der Waals surface area contributed by atoms with E-state index in [0.29, 0.717) is 0 Å². The van der Waals surface area contributed by atoms with Crippen LogP contribution in [0.4, 0.5) is 26.3 Å². The molecule has 0 aliphatic rings. The van der Waals surface area contributed by atoms with Gasteiger partial charge in [0, 0.05) is 12.4 Å². The average Bonchev–Trinajstić information content (AvgIpc) is 2.32. The lowest BCUT2D eigenvalue weighted by atomic mass is 9.96. The fourth-order valence-electron chi connectivity index (χ4n) is 1.60. The third kappa shape index (κ3) is 3.48. The highest BCUT2D eigenvalue weighted by Gasteiger charge is 2.61. The topological polar surface area (TPSA) is 73.1 Å². The molecule has 0 saturated carbocycles. The second-order valence-electron chi connectivity index (χ2n) is 3.66. The van der Waals surface area contributed by atoms with Crippen molar-refractivity contribution < 1.29 is 31.1 Å². The van der Waals surface area contributed by atoms with Crippen molar-refractivity contribution in [2.75, 3.05) is 7.11 Å². The van der Waals surface area contributed by atoms with E-state index in [2.05, 4.69) is 14.7 Å². The highest BCUT2D eigenvalue weighted by molar-refractivity contribution is 5.22. The summed E-state index contributed by atoms with van der Waals surface area (Å²) in [5, 5.41) is 0. The summed E-state index contributed by atoms with van der Waals surface area (Å²) in [4.78, 5) is 6.94. The van der Waals surface area contributed by atoms with Gasteiger partial charge in [0.15, 0.2) is 5.92 Å². The van der Waals surface area contributed by atoms with Crippen molar-refractivity contribution in [1.82, 2.24) is 15.4 Å². The fourth-order valence-corrected chi connectivity index (χ4v) is 1.60.